The van der Waals surface area contributed by atoms with Crippen LogP contribution in [-0.4, -0.2) is 24.8 Å². The summed E-state index contributed by atoms with van der Waals surface area (Å²) in [6.45, 7) is 0. The first-order valence-electron chi connectivity index (χ1n) is 6.27. The molecule has 0 bridgehead atoms. The standard InChI is InChI=1S/C14H14N2O3/c1-16(8-5-3-2-4-6-8)14(19)10-7-9-11(10)13(18)15-12(9)17/h2-6,9-11H,7H2,1H3,(H,15,17,18)/t9-,10-,11-/m0/s1. The molecule has 3 atom stereocenters. The highest BCUT2D eigenvalue weighted by atomic mass is 16.2. The first kappa shape index (κ1) is 11.9. The Bertz CT molecular complexity index is 555. The normalized spacial score (nSPS) is 28.4. The summed E-state index contributed by atoms with van der Waals surface area (Å²) in [7, 11) is 1.69. The predicted molar refractivity (Wildman–Crippen MR) is 68.1 cm³/mol. The Morgan fingerprint density at radius 3 is 2.53 bits per heavy atom. The zero-order valence-corrected chi connectivity index (χ0v) is 10.5. The summed E-state index contributed by atoms with van der Waals surface area (Å²) in [4.78, 5) is 36.9. The fraction of sp³-hybridized carbons (Fsp3) is 0.357. The lowest BCUT2D eigenvalue weighted by Gasteiger charge is -2.37. The summed E-state index contributed by atoms with van der Waals surface area (Å²) in [6.07, 6.45) is 0.470. The highest BCUT2D eigenvalue weighted by Gasteiger charge is 2.57. The molecule has 0 aromatic heterocycles. The van der Waals surface area contributed by atoms with Gasteiger partial charge >= 0.3 is 0 Å². The summed E-state index contributed by atoms with van der Waals surface area (Å²) >= 11 is 0. The molecule has 1 saturated heterocycles. The van der Waals surface area contributed by atoms with Crippen LogP contribution in [0, 0.1) is 17.8 Å². The third-order valence-electron chi connectivity index (χ3n) is 4.05. The van der Waals surface area contributed by atoms with Crippen molar-refractivity contribution < 1.29 is 14.4 Å². The van der Waals surface area contributed by atoms with E-state index in [0.717, 1.165) is 5.69 Å². The number of fused-ring (bicyclic) bond motifs is 1. The second kappa shape index (κ2) is 4.19. The molecule has 3 amide bonds. The Labute approximate surface area is 110 Å². The largest absolute Gasteiger partial charge is 0.315 e. The minimum absolute atomic E-state index is 0.0997. The summed E-state index contributed by atoms with van der Waals surface area (Å²) in [5, 5.41) is 2.29. The van der Waals surface area contributed by atoms with E-state index in [1.165, 1.54) is 0 Å². The Morgan fingerprint density at radius 1 is 1.21 bits per heavy atom. The molecule has 2 fully saturated rings. The number of nitrogens with one attached hydrogen (secondary N) is 1. The van der Waals surface area contributed by atoms with Gasteiger partial charge in [-0.3, -0.25) is 19.7 Å². The van der Waals surface area contributed by atoms with Crippen LogP contribution in [0.5, 0.6) is 0 Å². The number of carbonyl (C=O) groups is 3. The molecule has 0 spiro atoms. The predicted octanol–water partition coefficient (Wildman–Crippen LogP) is 0.558. The van der Waals surface area contributed by atoms with Gasteiger partial charge in [0.15, 0.2) is 0 Å². The third-order valence-corrected chi connectivity index (χ3v) is 4.05. The molecule has 5 heteroatoms. The van der Waals surface area contributed by atoms with E-state index in [0.29, 0.717) is 6.42 Å². The second-order valence-electron chi connectivity index (χ2n) is 5.06. The maximum absolute atomic E-state index is 12.4. The molecule has 3 rings (SSSR count). The molecule has 19 heavy (non-hydrogen) atoms. The maximum Gasteiger partial charge on any atom is 0.231 e. The number of para-hydroxylation sites is 1. The lowest BCUT2D eigenvalue weighted by molar-refractivity contribution is -0.139. The number of rotatable bonds is 2. The van der Waals surface area contributed by atoms with E-state index < -0.39 is 5.92 Å². The van der Waals surface area contributed by atoms with Crippen LogP contribution >= 0.6 is 0 Å². The highest BCUT2D eigenvalue weighted by molar-refractivity contribution is 6.10. The molecule has 1 aliphatic heterocycles. The van der Waals surface area contributed by atoms with Gasteiger partial charge in [-0.05, 0) is 18.6 Å². The Morgan fingerprint density at radius 2 is 1.89 bits per heavy atom. The molecule has 0 radical (unpaired) electrons. The molecule has 5 nitrogen and oxygen atoms in total. The van der Waals surface area contributed by atoms with Crippen molar-refractivity contribution in [2.45, 2.75) is 6.42 Å². The van der Waals surface area contributed by atoms with Crippen LogP contribution in [0.2, 0.25) is 0 Å². The zero-order valence-electron chi connectivity index (χ0n) is 10.5. The van der Waals surface area contributed by atoms with E-state index in [1.54, 1.807) is 11.9 Å². The fourth-order valence-corrected chi connectivity index (χ4v) is 2.87. The number of hydrogen-bond donors (Lipinski definition) is 1. The number of hydrogen-bond acceptors (Lipinski definition) is 3. The van der Waals surface area contributed by atoms with Crippen molar-refractivity contribution in [1.82, 2.24) is 5.32 Å². The molecule has 1 heterocycles. The second-order valence-corrected chi connectivity index (χ2v) is 5.06. The van der Waals surface area contributed by atoms with Gasteiger partial charge in [0.1, 0.15) is 0 Å². The molecule has 2 aliphatic rings. The Balaban J connectivity index is 1.76. The van der Waals surface area contributed by atoms with Crippen molar-refractivity contribution >= 4 is 23.4 Å². The van der Waals surface area contributed by atoms with Gasteiger partial charge in [0.2, 0.25) is 17.7 Å². The Kier molecular flexibility index (Phi) is 2.62. The van der Waals surface area contributed by atoms with Gasteiger partial charge in [-0.15, -0.1) is 0 Å². The van der Waals surface area contributed by atoms with Gasteiger partial charge in [-0.25, -0.2) is 0 Å². The number of anilines is 1. The number of benzene rings is 1. The van der Waals surface area contributed by atoms with Crippen LogP contribution in [0.4, 0.5) is 5.69 Å². The van der Waals surface area contributed by atoms with E-state index in [2.05, 4.69) is 5.32 Å². The highest BCUT2D eigenvalue weighted by Crippen LogP contribution is 2.45. The topological polar surface area (TPSA) is 66.5 Å². The van der Waals surface area contributed by atoms with Crippen LogP contribution in [0.25, 0.3) is 0 Å². The van der Waals surface area contributed by atoms with E-state index in [9.17, 15) is 14.4 Å². The molecule has 1 saturated carbocycles. The van der Waals surface area contributed by atoms with Gasteiger partial charge in [0.05, 0.1) is 17.8 Å². The van der Waals surface area contributed by atoms with Crippen molar-refractivity contribution in [3.63, 3.8) is 0 Å². The van der Waals surface area contributed by atoms with Crippen LogP contribution in [0.15, 0.2) is 30.3 Å². The SMILES string of the molecule is CN(C(=O)[C@H]1C[C@@H]2C(=O)NC(=O)[C@@H]21)c1ccccc1. The first-order valence-corrected chi connectivity index (χ1v) is 6.27. The summed E-state index contributed by atoms with van der Waals surface area (Å²) in [5.74, 6) is -1.78. The van der Waals surface area contributed by atoms with E-state index >= 15 is 0 Å². The minimum atomic E-state index is -0.467. The molecule has 1 N–H and O–H groups in total. The van der Waals surface area contributed by atoms with E-state index in [4.69, 9.17) is 0 Å². The summed E-state index contributed by atoms with van der Waals surface area (Å²) in [5.41, 5.74) is 0.792. The lowest BCUT2D eigenvalue weighted by Crippen LogP contribution is -2.48. The van der Waals surface area contributed by atoms with Crippen molar-refractivity contribution in [3.05, 3.63) is 30.3 Å². The number of nitrogens with zero attached hydrogens (tertiary/aromatic N) is 1. The first-order chi connectivity index (χ1) is 9.09. The van der Waals surface area contributed by atoms with Gasteiger partial charge < -0.3 is 4.90 Å². The summed E-state index contributed by atoms with van der Waals surface area (Å²) < 4.78 is 0. The van der Waals surface area contributed by atoms with Crippen LogP contribution < -0.4 is 10.2 Å². The number of imide groups is 1. The van der Waals surface area contributed by atoms with Gasteiger partial charge in [-0.2, -0.15) is 0 Å². The molecular formula is C14H14N2O3. The maximum atomic E-state index is 12.4. The number of carbonyl (C=O) groups excluding carboxylic acids is 3. The molecule has 1 aromatic carbocycles. The average molecular weight is 258 g/mol. The smallest absolute Gasteiger partial charge is 0.231 e. The molecule has 0 unspecified atom stereocenters. The van der Waals surface area contributed by atoms with Crippen molar-refractivity contribution in [2.24, 2.45) is 17.8 Å². The molecular weight excluding hydrogens is 244 g/mol. The van der Waals surface area contributed by atoms with Crippen molar-refractivity contribution in [2.75, 3.05) is 11.9 Å². The quantitative estimate of drug-likeness (QED) is 0.788. The van der Waals surface area contributed by atoms with Crippen LogP contribution in [-0.2, 0) is 14.4 Å². The monoisotopic (exact) mass is 258 g/mol. The third kappa shape index (κ3) is 1.73. The van der Waals surface area contributed by atoms with Gasteiger partial charge in [-0.1, -0.05) is 18.2 Å². The van der Waals surface area contributed by atoms with E-state index in [1.807, 2.05) is 30.3 Å². The Hall–Kier alpha value is -2.17. The van der Waals surface area contributed by atoms with Gasteiger partial charge in [0.25, 0.3) is 0 Å². The van der Waals surface area contributed by atoms with Crippen molar-refractivity contribution in [1.29, 1.82) is 0 Å². The molecule has 1 aromatic rings. The fourth-order valence-electron chi connectivity index (χ4n) is 2.87. The lowest BCUT2D eigenvalue weighted by atomic mass is 9.65. The van der Waals surface area contributed by atoms with Crippen LogP contribution in [0.3, 0.4) is 0 Å². The van der Waals surface area contributed by atoms with Crippen molar-refractivity contribution in [3.8, 4) is 0 Å². The van der Waals surface area contributed by atoms with Gasteiger partial charge in [0, 0.05) is 12.7 Å². The van der Waals surface area contributed by atoms with E-state index in [-0.39, 0.29) is 29.6 Å². The average Bonchev–Trinajstić information content (AvgIpc) is 2.58. The zero-order chi connectivity index (χ0) is 13.6. The van der Waals surface area contributed by atoms with Crippen LogP contribution in [0.1, 0.15) is 6.42 Å². The number of amides is 3. The minimum Gasteiger partial charge on any atom is -0.315 e. The molecule has 1 aliphatic carbocycles. The summed E-state index contributed by atoms with van der Waals surface area (Å²) in [6, 6.07) is 9.27. The molecule has 98 valence electrons.